The second kappa shape index (κ2) is 5.56. The largest absolute Gasteiger partial charge is 0.393 e. The molecule has 0 radical (unpaired) electrons. The van der Waals surface area contributed by atoms with Crippen LogP contribution in [0, 0.1) is 34.5 Å². The highest BCUT2D eigenvalue weighted by Crippen LogP contribution is 2.66. The third-order valence-corrected chi connectivity index (χ3v) is 8.71. The van der Waals surface area contributed by atoms with Gasteiger partial charge in [0.2, 0.25) is 0 Å². The quantitative estimate of drug-likeness (QED) is 0.645. The molecule has 3 nitrogen and oxygen atoms in total. The standard InChI is InChI=1S/C21H34O3/c1-12(22)19-18(24)11-17-15-5-4-13-10-14(23)6-8-20(13,2)16(15)7-9-21(17,19)3/h4,12,14-19,22-24H,5-11H2,1-3H3/t12-,14+,15+,16+,17+,18+,19+,20-,21-/m0/s1. The second-order valence-electron chi connectivity index (χ2n) is 9.77. The first kappa shape index (κ1) is 17.1. The summed E-state index contributed by atoms with van der Waals surface area (Å²) >= 11 is 0. The summed E-state index contributed by atoms with van der Waals surface area (Å²) in [4.78, 5) is 0. The van der Waals surface area contributed by atoms with Crippen molar-refractivity contribution in [2.45, 2.75) is 84.0 Å². The Morgan fingerprint density at radius 2 is 1.88 bits per heavy atom. The molecule has 3 heteroatoms. The average Bonchev–Trinajstić information content (AvgIpc) is 2.78. The van der Waals surface area contributed by atoms with Crippen LogP contribution in [0.25, 0.3) is 0 Å². The van der Waals surface area contributed by atoms with E-state index in [1.54, 1.807) is 0 Å². The van der Waals surface area contributed by atoms with Gasteiger partial charge in [-0.05, 0) is 80.5 Å². The number of allylic oxidation sites excluding steroid dienone is 1. The molecule has 3 fully saturated rings. The van der Waals surface area contributed by atoms with E-state index in [0.717, 1.165) is 38.5 Å². The Bertz CT molecular complexity index is 541. The molecule has 136 valence electrons. The highest BCUT2D eigenvalue weighted by atomic mass is 16.3. The van der Waals surface area contributed by atoms with Gasteiger partial charge in [0.05, 0.1) is 18.3 Å². The SMILES string of the molecule is C[C@H](O)[C@@H]1[C@H](O)C[C@@H]2[C@@H]3CC=C4C[C@H](O)CC[C@]4(C)[C@@H]3CC[C@]12C. The van der Waals surface area contributed by atoms with E-state index in [1.807, 2.05) is 6.92 Å². The van der Waals surface area contributed by atoms with Gasteiger partial charge in [0.25, 0.3) is 0 Å². The lowest BCUT2D eigenvalue weighted by Gasteiger charge is -2.58. The Labute approximate surface area is 146 Å². The first-order chi connectivity index (χ1) is 11.3. The van der Waals surface area contributed by atoms with Gasteiger partial charge in [-0.15, -0.1) is 0 Å². The molecule has 0 bridgehead atoms. The summed E-state index contributed by atoms with van der Waals surface area (Å²) in [7, 11) is 0. The third-order valence-electron chi connectivity index (χ3n) is 8.71. The fourth-order valence-electron chi connectivity index (χ4n) is 7.57. The van der Waals surface area contributed by atoms with Crippen molar-refractivity contribution in [3.63, 3.8) is 0 Å². The van der Waals surface area contributed by atoms with Gasteiger partial charge in [-0.3, -0.25) is 0 Å². The van der Waals surface area contributed by atoms with Gasteiger partial charge in [0.15, 0.2) is 0 Å². The molecule has 4 rings (SSSR count). The Morgan fingerprint density at radius 1 is 1.12 bits per heavy atom. The van der Waals surface area contributed by atoms with Crippen molar-refractivity contribution in [1.29, 1.82) is 0 Å². The number of aliphatic hydroxyl groups is 3. The normalized spacial score (nSPS) is 55.2. The molecule has 0 spiro atoms. The van der Waals surface area contributed by atoms with E-state index < -0.39 is 6.10 Å². The van der Waals surface area contributed by atoms with Gasteiger partial charge in [0, 0.05) is 5.92 Å². The molecule has 0 aromatic heterocycles. The molecular weight excluding hydrogens is 300 g/mol. The fraction of sp³-hybridized carbons (Fsp3) is 0.905. The number of rotatable bonds is 1. The van der Waals surface area contributed by atoms with Gasteiger partial charge in [-0.1, -0.05) is 25.5 Å². The molecule has 0 aromatic rings. The smallest absolute Gasteiger partial charge is 0.0601 e. The van der Waals surface area contributed by atoms with Crippen LogP contribution >= 0.6 is 0 Å². The maximum Gasteiger partial charge on any atom is 0.0601 e. The van der Waals surface area contributed by atoms with E-state index >= 15 is 0 Å². The lowest BCUT2D eigenvalue weighted by Crippen LogP contribution is -2.51. The lowest BCUT2D eigenvalue weighted by molar-refractivity contribution is -0.0761. The van der Waals surface area contributed by atoms with Crippen molar-refractivity contribution < 1.29 is 15.3 Å². The average molecular weight is 335 g/mol. The first-order valence-electron chi connectivity index (χ1n) is 10.0. The number of hydrogen-bond donors (Lipinski definition) is 3. The predicted octanol–water partition coefficient (Wildman–Crippen LogP) is 3.28. The Balaban J connectivity index is 1.67. The molecule has 3 saturated carbocycles. The zero-order valence-electron chi connectivity index (χ0n) is 15.4. The summed E-state index contributed by atoms with van der Waals surface area (Å²) in [6, 6.07) is 0. The van der Waals surface area contributed by atoms with Gasteiger partial charge in [-0.25, -0.2) is 0 Å². The van der Waals surface area contributed by atoms with E-state index in [2.05, 4.69) is 19.9 Å². The Hall–Kier alpha value is -0.380. The molecule has 0 aliphatic heterocycles. The highest BCUT2D eigenvalue weighted by Gasteiger charge is 2.61. The monoisotopic (exact) mass is 334 g/mol. The van der Waals surface area contributed by atoms with Crippen LogP contribution in [0.4, 0.5) is 0 Å². The predicted molar refractivity (Wildman–Crippen MR) is 94.3 cm³/mol. The lowest BCUT2D eigenvalue weighted by atomic mass is 9.47. The van der Waals surface area contributed by atoms with E-state index in [-0.39, 0.29) is 29.0 Å². The van der Waals surface area contributed by atoms with Crippen molar-refractivity contribution in [2.75, 3.05) is 0 Å². The summed E-state index contributed by atoms with van der Waals surface area (Å²) < 4.78 is 0. The molecule has 4 aliphatic rings. The minimum Gasteiger partial charge on any atom is -0.393 e. The summed E-state index contributed by atoms with van der Waals surface area (Å²) in [5.41, 5.74) is 1.82. The molecule has 3 N–H and O–H groups in total. The van der Waals surface area contributed by atoms with Crippen LogP contribution in [-0.4, -0.2) is 33.6 Å². The molecule has 9 atom stereocenters. The van der Waals surface area contributed by atoms with Crippen LogP contribution in [-0.2, 0) is 0 Å². The molecular formula is C21H34O3. The van der Waals surface area contributed by atoms with E-state index in [1.165, 1.54) is 12.0 Å². The molecule has 0 saturated heterocycles. The summed E-state index contributed by atoms with van der Waals surface area (Å²) in [5.74, 6) is 1.86. The van der Waals surface area contributed by atoms with Crippen molar-refractivity contribution >= 4 is 0 Å². The molecule has 0 amide bonds. The second-order valence-corrected chi connectivity index (χ2v) is 9.77. The minimum atomic E-state index is -0.429. The Morgan fingerprint density at radius 3 is 2.58 bits per heavy atom. The molecule has 24 heavy (non-hydrogen) atoms. The molecule has 0 unspecified atom stereocenters. The Kier molecular flexibility index (Phi) is 3.95. The zero-order valence-corrected chi connectivity index (χ0v) is 15.4. The van der Waals surface area contributed by atoms with Crippen LogP contribution < -0.4 is 0 Å². The van der Waals surface area contributed by atoms with Gasteiger partial charge in [0.1, 0.15) is 0 Å². The first-order valence-corrected chi connectivity index (χ1v) is 10.0. The third kappa shape index (κ3) is 2.20. The van der Waals surface area contributed by atoms with Crippen molar-refractivity contribution in [3.8, 4) is 0 Å². The van der Waals surface area contributed by atoms with Crippen LogP contribution in [0.2, 0.25) is 0 Å². The topological polar surface area (TPSA) is 60.7 Å². The maximum atomic E-state index is 10.7. The number of fused-ring (bicyclic) bond motifs is 5. The van der Waals surface area contributed by atoms with Crippen molar-refractivity contribution in [1.82, 2.24) is 0 Å². The van der Waals surface area contributed by atoms with Gasteiger partial charge >= 0.3 is 0 Å². The molecule has 0 heterocycles. The molecule has 4 aliphatic carbocycles. The zero-order chi connectivity index (χ0) is 17.3. The minimum absolute atomic E-state index is 0.0230. The number of hydrogen-bond acceptors (Lipinski definition) is 3. The van der Waals surface area contributed by atoms with E-state index in [4.69, 9.17) is 0 Å². The highest BCUT2D eigenvalue weighted by molar-refractivity contribution is 5.25. The fourth-order valence-corrected chi connectivity index (χ4v) is 7.57. The number of aliphatic hydroxyl groups excluding tert-OH is 3. The van der Waals surface area contributed by atoms with Gasteiger partial charge in [-0.2, -0.15) is 0 Å². The van der Waals surface area contributed by atoms with Crippen LogP contribution in [0.3, 0.4) is 0 Å². The van der Waals surface area contributed by atoms with Crippen LogP contribution in [0.5, 0.6) is 0 Å². The maximum absolute atomic E-state index is 10.7. The van der Waals surface area contributed by atoms with E-state index in [0.29, 0.717) is 17.8 Å². The summed E-state index contributed by atoms with van der Waals surface area (Å²) in [5, 5.41) is 31.0. The molecule has 0 aromatic carbocycles. The van der Waals surface area contributed by atoms with Crippen LogP contribution in [0.1, 0.15) is 65.7 Å². The summed E-state index contributed by atoms with van der Waals surface area (Å²) in [6.07, 6.45) is 8.67. The van der Waals surface area contributed by atoms with Gasteiger partial charge < -0.3 is 15.3 Å². The van der Waals surface area contributed by atoms with Crippen LogP contribution in [0.15, 0.2) is 11.6 Å². The van der Waals surface area contributed by atoms with Crippen molar-refractivity contribution in [2.24, 2.45) is 34.5 Å². The summed E-state index contributed by atoms with van der Waals surface area (Å²) in [6.45, 7) is 6.62. The van der Waals surface area contributed by atoms with Crippen molar-refractivity contribution in [3.05, 3.63) is 11.6 Å². The van der Waals surface area contributed by atoms with E-state index in [9.17, 15) is 15.3 Å².